The number of phenolic OH excluding ortho intramolecular Hbond substituents is 1. The molecule has 6 nitrogen and oxygen atoms in total. The van der Waals surface area contributed by atoms with Gasteiger partial charge in [0.1, 0.15) is 0 Å². The molecular formula is C20H15NO5. The lowest BCUT2D eigenvalue weighted by Gasteiger charge is -2.14. The van der Waals surface area contributed by atoms with E-state index in [4.69, 9.17) is 14.2 Å². The van der Waals surface area contributed by atoms with Crippen LogP contribution in [-0.2, 0) is 7.05 Å². The van der Waals surface area contributed by atoms with Crippen molar-refractivity contribution < 1.29 is 19.3 Å². The van der Waals surface area contributed by atoms with Crippen LogP contribution in [0.1, 0.15) is 0 Å². The second-order valence-electron chi connectivity index (χ2n) is 6.29. The van der Waals surface area contributed by atoms with Gasteiger partial charge in [-0.25, -0.2) is 0 Å². The molecule has 26 heavy (non-hydrogen) atoms. The fourth-order valence-corrected chi connectivity index (χ4v) is 3.76. The van der Waals surface area contributed by atoms with Gasteiger partial charge >= 0.3 is 0 Å². The molecule has 0 unspecified atom stereocenters. The average Bonchev–Trinajstić information content (AvgIpc) is 3.10. The summed E-state index contributed by atoms with van der Waals surface area (Å²) in [4.78, 5) is 13.1. The number of benzene rings is 3. The van der Waals surface area contributed by atoms with Gasteiger partial charge in [-0.15, -0.1) is 0 Å². The molecule has 0 aliphatic carbocycles. The highest BCUT2D eigenvalue weighted by atomic mass is 16.7. The molecule has 1 N–H and O–H groups in total. The van der Waals surface area contributed by atoms with E-state index in [1.165, 1.54) is 7.11 Å². The first-order valence-electron chi connectivity index (χ1n) is 8.15. The Bertz CT molecular complexity index is 1290. The summed E-state index contributed by atoms with van der Waals surface area (Å²) in [6, 6.07) is 11.1. The molecule has 2 heterocycles. The zero-order chi connectivity index (χ0) is 18.0. The molecule has 1 aliphatic heterocycles. The minimum Gasteiger partial charge on any atom is -0.504 e. The van der Waals surface area contributed by atoms with Crippen LogP contribution in [0.5, 0.6) is 23.0 Å². The maximum Gasteiger partial charge on any atom is 0.262 e. The Morgan fingerprint density at radius 1 is 1.04 bits per heavy atom. The fraction of sp³-hybridized carbons (Fsp3) is 0.150. The average molecular weight is 349 g/mol. The van der Waals surface area contributed by atoms with Gasteiger partial charge in [-0.1, -0.05) is 12.1 Å². The predicted octanol–water partition coefficient (Wildman–Crippen LogP) is 3.29. The van der Waals surface area contributed by atoms with Crippen LogP contribution in [0.15, 0.2) is 41.2 Å². The van der Waals surface area contributed by atoms with E-state index >= 15 is 0 Å². The minimum absolute atomic E-state index is 0.0550. The predicted molar refractivity (Wildman–Crippen MR) is 98.5 cm³/mol. The van der Waals surface area contributed by atoms with Crippen LogP contribution < -0.4 is 19.8 Å². The lowest BCUT2D eigenvalue weighted by Crippen LogP contribution is -2.18. The molecule has 1 aromatic heterocycles. The summed E-state index contributed by atoms with van der Waals surface area (Å²) < 4.78 is 17.8. The summed E-state index contributed by atoms with van der Waals surface area (Å²) in [5.41, 5.74) is 0.566. The van der Waals surface area contributed by atoms with Crippen LogP contribution >= 0.6 is 0 Å². The minimum atomic E-state index is -0.231. The van der Waals surface area contributed by atoms with Crippen LogP contribution in [0.4, 0.5) is 0 Å². The van der Waals surface area contributed by atoms with E-state index in [2.05, 4.69) is 0 Å². The van der Waals surface area contributed by atoms with Crippen LogP contribution in [-0.4, -0.2) is 23.6 Å². The second-order valence-corrected chi connectivity index (χ2v) is 6.29. The molecule has 0 saturated heterocycles. The Balaban J connectivity index is 2.04. The zero-order valence-electron chi connectivity index (χ0n) is 14.2. The van der Waals surface area contributed by atoms with Crippen LogP contribution in [0.25, 0.3) is 32.4 Å². The number of aromatic hydroxyl groups is 1. The van der Waals surface area contributed by atoms with E-state index in [1.54, 1.807) is 23.7 Å². The highest BCUT2D eigenvalue weighted by Crippen LogP contribution is 2.41. The molecule has 5 rings (SSSR count). The van der Waals surface area contributed by atoms with Crippen molar-refractivity contribution in [2.24, 2.45) is 7.05 Å². The van der Waals surface area contributed by atoms with Gasteiger partial charge in [-0.2, -0.15) is 0 Å². The monoisotopic (exact) mass is 349 g/mol. The van der Waals surface area contributed by atoms with E-state index in [0.717, 1.165) is 27.1 Å². The van der Waals surface area contributed by atoms with Crippen molar-refractivity contribution in [2.75, 3.05) is 13.9 Å². The van der Waals surface area contributed by atoms with Gasteiger partial charge in [-0.05, 0) is 29.7 Å². The highest BCUT2D eigenvalue weighted by molar-refractivity contribution is 6.17. The third kappa shape index (κ3) is 1.78. The molecular weight excluding hydrogens is 334 g/mol. The molecule has 6 heteroatoms. The van der Waals surface area contributed by atoms with Crippen molar-refractivity contribution >= 4 is 32.4 Å². The van der Waals surface area contributed by atoms with Crippen LogP contribution in [0.2, 0.25) is 0 Å². The summed E-state index contributed by atoms with van der Waals surface area (Å²) in [5.74, 6) is 1.51. The largest absolute Gasteiger partial charge is 0.504 e. The van der Waals surface area contributed by atoms with E-state index < -0.39 is 0 Å². The van der Waals surface area contributed by atoms with Gasteiger partial charge in [0.05, 0.1) is 18.0 Å². The van der Waals surface area contributed by atoms with E-state index in [0.29, 0.717) is 16.9 Å². The molecule has 4 aromatic rings. The number of hydrogen-bond acceptors (Lipinski definition) is 5. The van der Waals surface area contributed by atoms with Gasteiger partial charge in [0.2, 0.25) is 6.79 Å². The number of aryl methyl sites for hydroxylation is 1. The van der Waals surface area contributed by atoms with Gasteiger partial charge in [0.25, 0.3) is 5.56 Å². The van der Waals surface area contributed by atoms with Gasteiger partial charge < -0.3 is 23.9 Å². The molecule has 1 aliphatic rings. The standard InChI is InChI=1S/C20H15NO5/c1-21-18-12(11-5-6-14(22)19(24-2)17(11)20(21)23)4-3-10-7-15-16(8-13(10)18)26-9-25-15/h3-8,22H,9H2,1-2H3. The highest BCUT2D eigenvalue weighted by Gasteiger charge is 2.20. The van der Waals surface area contributed by atoms with Gasteiger partial charge in [0, 0.05) is 23.2 Å². The van der Waals surface area contributed by atoms with Crippen LogP contribution in [0.3, 0.4) is 0 Å². The Kier molecular flexibility index (Phi) is 2.89. The van der Waals surface area contributed by atoms with Crippen molar-refractivity contribution in [2.45, 2.75) is 0 Å². The summed E-state index contributed by atoms with van der Waals surface area (Å²) in [6.07, 6.45) is 0. The topological polar surface area (TPSA) is 69.9 Å². The fourth-order valence-electron chi connectivity index (χ4n) is 3.76. The molecule has 130 valence electrons. The van der Waals surface area contributed by atoms with Gasteiger partial charge in [0.15, 0.2) is 23.0 Å². The number of rotatable bonds is 1. The number of aromatic nitrogens is 1. The van der Waals surface area contributed by atoms with Crippen molar-refractivity contribution in [3.05, 3.63) is 46.8 Å². The number of nitrogens with zero attached hydrogens (tertiary/aromatic N) is 1. The number of ether oxygens (including phenoxy) is 3. The Labute approximate surface area is 147 Å². The second kappa shape index (κ2) is 5.05. The maximum absolute atomic E-state index is 13.1. The van der Waals surface area contributed by atoms with Crippen molar-refractivity contribution in [1.82, 2.24) is 4.57 Å². The zero-order valence-corrected chi connectivity index (χ0v) is 14.2. The smallest absolute Gasteiger partial charge is 0.262 e. The number of phenols is 1. The number of pyridine rings is 1. The van der Waals surface area contributed by atoms with E-state index in [1.807, 2.05) is 24.3 Å². The quantitative estimate of drug-likeness (QED) is 0.534. The molecule has 3 aromatic carbocycles. The molecule has 0 radical (unpaired) electrons. The molecule has 0 bridgehead atoms. The molecule has 0 fully saturated rings. The van der Waals surface area contributed by atoms with Gasteiger partial charge in [-0.3, -0.25) is 4.79 Å². The lowest BCUT2D eigenvalue weighted by molar-refractivity contribution is 0.174. The summed E-state index contributed by atoms with van der Waals surface area (Å²) >= 11 is 0. The molecule has 0 amide bonds. The molecule has 0 saturated carbocycles. The normalized spacial score (nSPS) is 13.0. The third-order valence-electron chi connectivity index (χ3n) is 4.97. The summed E-state index contributed by atoms with van der Waals surface area (Å²) in [6.45, 7) is 0.196. The first-order chi connectivity index (χ1) is 12.6. The van der Waals surface area contributed by atoms with E-state index in [-0.39, 0.29) is 23.9 Å². The number of hydrogen-bond donors (Lipinski definition) is 1. The van der Waals surface area contributed by atoms with E-state index in [9.17, 15) is 9.90 Å². The lowest BCUT2D eigenvalue weighted by atomic mass is 10.00. The Morgan fingerprint density at radius 2 is 1.77 bits per heavy atom. The number of fused-ring (bicyclic) bond motifs is 6. The SMILES string of the molecule is COc1c(O)ccc2c1c(=O)n(C)c1c3cc4c(cc3ccc21)OCO4. The molecule has 0 spiro atoms. The number of methoxy groups -OCH3 is 1. The first-order valence-corrected chi connectivity index (χ1v) is 8.15. The Hall–Kier alpha value is -3.41. The summed E-state index contributed by atoms with van der Waals surface area (Å²) in [7, 11) is 3.16. The first kappa shape index (κ1) is 14.9. The van der Waals surface area contributed by atoms with Crippen LogP contribution in [0, 0.1) is 0 Å². The van der Waals surface area contributed by atoms with Crippen molar-refractivity contribution in [3.63, 3.8) is 0 Å². The van der Waals surface area contributed by atoms with Crippen molar-refractivity contribution in [3.8, 4) is 23.0 Å². The Morgan fingerprint density at radius 3 is 2.54 bits per heavy atom. The molecule has 0 atom stereocenters. The van der Waals surface area contributed by atoms with Crippen molar-refractivity contribution in [1.29, 1.82) is 0 Å². The maximum atomic E-state index is 13.1. The third-order valence-corrected chi connectivity index (χ3v) is 4.97. The summed E-state index contributed by atoms with van der Waals surface area (Å²) in [5, 5.41) is 13.9.